The summed E-state index contributed by atoms with van der Waals surface area (Å²) in [6, 6.07) is 14.6. The largest absolute Gasteiger partial charge is 0.320 e. The number of benzene rings is 2. The lowest BCUT2D eigenvalue weighted by atomic mass is 9.79. The lowest BCUT2D eigenvalue weighted by Gasteiger charge is -2.27. The minimum absolute atomic E-state index is 0.0766. The Morgan fingerprint density at radius 2 is 1.95 bits per heavy atom. The van der Waals surface area contributed by atoms with Crippen LogP contribution in [-0.4, -0.2) is 0 Å². The first-order chi connectivity index (χ1) is 9.65. The Kier molecular flexibility index (Phi) is 3.82. The van der Waals surface area contributed by atoms with Crippen molar-refractivity contribution in [1.29, 1.82) is 0 Å². The van der Waals surface area contributed by atoms with E-state index in [4.69, 9.17) is 17.3 Å². The number of rotatable bonds is 3. The van der Waals surface area contributed by atoms with Gasteiger partial charge in [0.15, 0.2) is 0 Å². The second kappa shape index (κ2) is 5.59. The van der Waals surface area contributed by atoms with E-state index >= 15 is 0 Å². The lowest BCUT2D eigenvalue weighted by Crippen LogP contribution is -2.15. The van der Waals surface area contributed by atoms with Crippen molar-refractivity contribution < 1.29 is 0 Å². The minimum Gasteiger partial charge on any atom is -0.320 e. The molecule has 2 heteroatoms. The summed E-state index contributed by atoms with van der Waals surface area (Å²) < 4.78 is 0. The second-order valence-corrected chi connectivity index (χ2v) is 6.21. The van der Waals surface area contributed by atoms with Gasteiger partial charge in [-0.3, -0.25) is 0 Å². The topological polar surface area (TPSA) is 26.0 Å². The standard InChI is InChI=1S/C18H20ClN/c1-12-10-16(19)8-9-17(12)18(20)15-7-3-6-14(11-15)13-4-2-5-13/h3,6-11,13,18H,2,4-5,20H2,1H3. The summed E-state index contributed by atoms with van der Waals surface area (Å²) in [5.74, 6) is 0.744. The van der Waals surface area contributed by atoms with E-state index in [-0.39, 0.29) is 6.04 Å². The summed E-state index contributed by atoms with van der Waals surface area (Å²) in [6.07, 6.45) is 3.99. The average molecular weight is 286 g/mol. The quantitative estimate of drug-likeness (QED) is 0.847. The Labute approximate surface area is 125 Å². The van der Waals surface area contributed by atoms with Crippen LogP contribution in [-0.2, 0) is 0 Å². The Morgan fingerprint density at radius 1 is 1.15 bits per heavy atom. The summed E-state index contributed by atoms with van der Waals surface area (Å²) in [5.41, 5.74) is 11.4. The maximum atomic E-state index is 6.45. The molecule has 1 saturated carbocycles. The fraction of sp³-hybridized carbons (Fsp3) is 0.333. The third kappa shape index (κ3) is 2.61. The van der Waals surface area contributed by atoms with Crippen LogP contribution in [0.1, 0.15) is 53.5 Å². The summed E-state index contributed by atoms with van der Waals surface area (Å²) >= 11 is 6.02. The Morgan fingerprint density at radius 3 is 2.60 bits per heavy atom. The highest BCUT2D eigenvalue weighted by atomic mass is 35.5. The van der Waals surface area contributed by atoms with Gasteiger partial charge in [-0.25, -0.2) is 0 Å². The molecule has 1 atom stereocenters. The molecule has 0 aromatic heterocycles. The van der Waals surface area contributed by atoms with Gasteiger partial charge in [0.1, 0.15) is 0 Å². The highest BCUT2D eigenvalue weighted by Gasteiger charge is 2.20. The molecule has 1 unspecified atom stereocenters. The van der Waals surface area contributed by atoms with Gasteiger partial charge in [0.2, 0.25) is 0 Å². The number of hydrogen-bond acceptors (Lipinski definition) is 1. The van der Waals surface area contributed by atoms with Crippen LogP contribution >= 0.6 is 11.6 Å². The first kappa shape index (κ1) is 13.7. The third-order valence-corrected chi connectivity index (χ3v) is 4.65. The molecule has 3 rings (SSSR count). The van der Waals surface area contributed by atoms with Crippen LogP contribution in [0.2, 0.25) is 5.02 Å². The van der Waals surface area contributed by atoms with Crippen LogP contribution in [0.5, 0.6) is 0 Å². The van der Waals surface area contributed by atoms with E-state index < -0.39 is 0 Å². The SMILES string of the molecule is Cc1cc(Cl)ccc1C(N)c1cccc(C2CCC2)c1. The summed E-state index contributed by atoms with van der Waals surface area (Å²) in [4.78, 5) is 0. The van der Waals surface area contributed by atoms with Crippen LogP contribution < -0.4 is 5.73 Å². The Bertz CT molecular complexity index is 617. The summed E-state index contributed by atoms with van der Waals surface area (Å²) in [5, 5.41) is 0.765. The number of aryl methyl sites for hydroxylation is 1. The Balaban J connectivity index is 1.91. The average Bonchev–Trinajstić information content (AvgIpc) is 2.36. The molecule has 0 radical (unpaired) electrons. The summed E-state index contributed by atoms with van der Waals surface area (Å²) in [6.45, 7) is 2.07. The van der Waals surface area contributed by atoms with Gasteiger partial charge >= 0.3 is 0 Å². The van der Waals surface area contributed by atoms with Crippen LogP contribution in [0.25, 0.3) is 0 Å². The first-order valence-corrected chi connectivity index (χ1v) is 7.64. The van der Waals surface area contributed by atoms with E-state index in [0.29, 0.717) is 0 Å². The van der Waals surface area contributed by atoms with Crippen molar-refractivity contribution in [3.8, 4) is 0 Å². The van der Waals surface area contributed by atoms with Crippen LogP contribution in [0.4, 0.5) is 0 Å². The fourth-order valence-electron chi connectivity index (χ4n) is 2.92. The lowest BCUT2D eigenvalue weighted by molar-refractivity contribution is 0.419. The van der Waals surface area contributed by atoms with Crippen molar-refractivity contribution in [2.24, 2.45) is 5.73 Å². The highest BCUT2D eigenvalue weighted by Crippen LogP contribution is 2.37. The molecule has 2 N–H and O–H groups in total. The second-order valence-electron chi connectivity index (χ2n) is 5.78. The maximum Gasteiger partial charge on any atom is 0.0554 e. The highest BCUT2D eigenvalue weighted by molar-refractivity contribution is 6.30. The molecule has 1 nitrogen and oxygen atoms in total. The molecule has 1 fully saturated rings. The molecule has 0 heterocycles. The van der Waals surface area contributed by atoms with E-state index in [2.05, 4.69) is 31.2 Å². The molecule has 2 aromatic carbocycles. The molecule has 0 amide bonds. The van der Waals surface area contributed by atoms with Crippen LogP contribution in [0.15, 0.2) is 42.5 Å². The molecule has 0 aliphatic heterocycles. The molecule has 20 heavy (non-hydrogen) atoms. The zero-order chi connectivity index (χ0) is 14.1. The van der Waals surface area contributed by atoms with Crippen molar-refractivity contribution in [2.75, 3.05) is 0 Å². The zero-order valence-electron chi connectivity index (χ0n) is 11.8. The van der Waals surface area contributed by atoms with Gasteiger partial charge in [0.05, 0.1) is 6.04 Å². The van der Waals surface area contributed by atoms with E-state index in [9.17, 15) is 0 Å². The summed E-state index contributed by atoms with van der Waals surface area (Å²) in [7, 11) is 0. The predicted molar refractivity (Wildman–Crippen MR) is 85.3 cm³/mol. The fourth-order valence-corrected chi connectivity index (χ4v) is 3.14. The normalized spacial score (nSPS) is 16.8. The monoisotopic (exact) mass is 285 g/mol. The van der Waals surface area contributed by atoms with Gasteiger partial charge in [-0.2, -0.15) is 0 Å². The van der Waals surface area contributed by atoms with Crippen molar-refractivity contribution in [3.63, 3.8) is 0 Å². The molecular formula is C18H20ClN. The third-order valence-electron chi connectivity index (χ3n) is 4.41. The van der Waals surface area contributed by atoms with Gasteiger partial charge in [-0.1, -0.05) is 48.4 Å². The molecule has 0 spiro atoms. The predicted octanol–water partition coefficient (Wildman–Crippen LogP) is 4.96. The van der Waals surface area contributed by atoms with Crippen molar-refractivity contribution in [1.82, 2.24) is 0 Å². The van der Waals surface area contributed by atoms with E-state index in [1.165, 1.54) is 30.4 Å². The number of hydrogen-bond donors (Lipinski definition) is 1. The number of nitrogens with two attached hydrogens (primary N) is 1. The molecule has 0 bridgehead atoms. The van der Waals surface area contributed by atoms with E-state index in [1.54, 1.807) is 0 Å². The first-order valence-electron chi connectivity index (χ1n) is 7.26. The van der Waals surface area contributed by atoms with Crippen molar-refractivity contribution in [2.45, 2.75) is 38.1 Å². The molecule has 104 valence electrons. The van der Waals surface area contributed by atoms with E-state index in [0.717, 1.165) is 22.1 Å². The van der Waals surface area contributed by atoms with Gasteiger partial charge < -0.3 is 5.73 Å². The minimum atomic E-state index is -0.0766. The van der Waals surface area contributed by atoms with Crippen LogP contribution in [0.3, 0.4) is 0 Å². The van der Waals surface area contributed by atoms with Gasteiger partial charge in [-0.05, 0) is 60.1 Å². The smallest absolute Gasteiger partial charge is 0.0554 e. The molecular weight excluding hydrogens is 266 g/mol. The molecule has 1 aliphatic carbocycles. The van der Waals surface area contributed by atoms with E-state index in [1.807, 2.05) is 18.2 Å². The Hall–Kier alpha value is -1.31. The zero-order valence-corrected chi connectivity index (χ0v) is 12.5. The van der Waals surface area contributed by atoms with Gasteiger partial charge in [-0.15, -0.1) is 0 Å². The van der Waals surface area contributed by atoms with Crippen molar-refractivity contribution in [3.05, 3.63) is 69.7 Å². The molecule has 2 aromatic rings. The van der Waals surface area contributed by atoms with Gasteiger partial charge in [0.25, 0.3) is 0 Å². The van der Waals surface area contributed by atoms with Crippen molar-refractivity contribution >= 4 is 11.6 Å². The maximum absolute atomic E-state index is 6.45. The number of halogens is 1. The molecule has 1 aliphatic rings. The molecule has 0 saturated heterocycles. The van der Waals surface area contributed by atoms with Gasteiger partial charge in [0, 0.05) is 5.02 Å². The van der Waals surface area contributed by atoms with Crippen LogP contribution in [0, 0.1) is 6.92 Å².